The van der Waals surface area contributed by atoms with Crippen molar-refractivity contribution in [3.8, 4) is 5.75 Å². The highest BCUT2D eigenvalue weighted by Crippen LogP contribution is 2.26. The Morgan fingerprint density at radius 2 is 1.93 bits per heavy atom. The maximum Gasteiger partial charge on any atom is 0.290 e. The van der Waals surface area contributed by atoms with Crippen LogP contribution in [0.1, 0.15) is 38.7 Å². The van der Waals surface area contributed by atoms with Crippen molar-refractivity contribution in [3.05, 3.63) is 70.2 Å². The van der Waals surface area contributed by atoms with Crippen LogP contribution in [0.5, 0.6) is 5.75 Å². The molecule has 2 aliphatic rings. The van der Waals surface area contributed by atoms with Gasteiger partial charge in [0, 0.05) is 6.42 Å². The Balaban J connectivity index is 1.53. The van der Waals surface area contributed by atoms with Crippen molar-refractivity contribution in [2.45, 2.75) is 33.1 Å². The quantitative estimate of drug-likeness (QED) is 0.634. The van der Waals surface area contributed by atoms with Gasteiger partial charge in [-0.05, 0) is 59.9 Å². The lowest BCUT2D eigenvalue weighted by atomic mass is 9.96. The number of hydrogen-bond acceptors (Lipinski definition) is 4. The molecule has 0 unspecified atom stereocenters. The van der Waals surface area contributed by atoms with Crippen LogP contribution in [0.2, 0.25) is 0 Å². The van der Waals surface area contributed by atoms with Crippen molar-refractivity contribution in [2.24, 2.45) is 5.92 Å². The molecule has 0 radical (unpaired) electrons. The van der Waals surface area contributed by atoms with Crippen LogP contribution in [-0.4, -0.2) is 17.8 Å². The highest BCUT2D eigenvalue weighted by Gasteiger charge is 2.24. The molecule has 28 heavy (non-hydrogen) atoms. The lowest BCUT2D eigenvalue weighted by Gasteiger charge is -2.12. The minimum Gasteiger partial charge on any atom is -0.493 e. The fraction of sp³-hybridized carbons (Fsp3) is 0.304. The maximum absolute atomic E-state index is 11.6. The average Bonchev–Trinajstić information content (AvgIpc) is 2.98. The number of rotatable bonds is 6. The minimum atomic E-state index is -0.341. The zero-order valence-corrected chi connectivity index (χ0v) is 17.1. The molecule has 1 aromatic carbocycles. The van der Waals surface area contributed by atoms with E-state index in [9.17, 15) is 9.59 Å². The van der Waals surface area contributed by atoms with Gasteiger partial charge in [-0.3, -0.25) is 14.9 Å². The SMILES string of the molecule is CCC1=C/[C@H](C)C/C=C(CCOc2ccc(/C=C3\SC(=O)NC3=O)cc2)/C=C\1. The van der Waals surface area contributed by atoms with E-state index in [1.165, 1.54) is 11.1 Å². The zero-order chi connectivity index (χ0) is 19.9. The molecule has 1 aromatic rings. The van der Waals surface area contributed by atoms with E-state index >= 15 is 0 Å². The van der Waals surface area contributed by atoms with Gasteiger partial charge in [-0.1, -0.05) is 55.9 Å². The summed E-state index contributed by atoms with van der Waals surface area (Å²) in [6, 6.07) is 7.53. The normalized spacial score (nSPS) is 25.9. The van der Waals surface area contributed by atoms with Crippen LogP contribution in [0.4, 0.5) is 4.79 Å². The Kier molecular flexibility index (Phi) is 6.93. The van der Waals surface area contributed by atoms with Crippen molar-refractivity contribution in [1.82, 2.24) is 5.32 Å². The van der Waals surface area contributed by atoms with Gasteiger partial charge in [0.05, 0.1) is 11.5 Å². The first kappa shape index (κ1) is 20.2. The first-order chi connectivity index (χ1) is 13.5. The molecule has 1 aliphatic carbocycles. The molecule has 1 heterocycles. The topological polar surface area (TPSA) is 55.4 Å². The maximum atomic E-state index is 11.6. The number of imide groups is 1. The van der Waals surface area contributed by atoms with Crippen LogP contribution in [0.3, 0.4) is 0 Å². The molecule has 0 spiro atoms. The van der Waals surface area contributed by atoms with Gasteiger partial charge in [0.15, 0.2) is 0 Å². The molecule has 1 fully saturated rings. The molecule has 1 atom stereocenters. The predicted octanol–water partition coefficient (Wildman–Crippen LogP) is 5.64. The van der Waals surface area contributed by atoms with Crippen LogP contribution in [0, 0.1) is 5.92 Å². The lowest BCUT2D eigenvalue weighted by molar-refractivity contribution is -0.115. The number of nitrogens with one attached hydrogen (secondary N) is 1. The number of thioether (sulfide) groups is 1. The van der Waals surface area contributed by atoms with Gasteiger partial charge in [-0.15, -0.1) is 0 Å². The van der Waals surface area contributed by atoms with E-state index in [-0.39, 0.29) is 11.1 Å². The second kappa shape index (κ2) is 9.60. The summed E-state index contributed by atoms with van der Waals surface area (Å²) >= 11 is 0.921. The second-order valence-electron chi connectivity index (χ2n) is 6.94. The number of amides is 2. The van der Waals surface area contributed by atoms with Crippen LogP contribution in [0.15, 0.2) is 64.6 Å². The first-order valence-corrected chi connectivity index (χ1v) is 10.4. The van der Waals surface area contributed by atoms with Crippen molar-refractivity contribution in [3.63, 3.8) is 0 Å². The summed E-state index contributed by atoms with van der Waals surface area (Å²) < 4.78 is 5.88. The van der Waals surface area contributed by atoms with E-state index in [0.29, 0.717) is 17.4 Å². The van der Waals surface area contributed by atoms with Gasteiger partial charge in [0.25, 0.3) is 11.1 Å². The summed E-state index contributed by atoms with van der Waals surface area (Å²) in [5.74, 6) is 1.01. The average molecular weight is 396 g/mol. The molecular formula is C23H25NO3S. The van der Waals surface area contributed by atoms with E-state index < -0.39 is 0 Å². The summed E-state index contributed by atoms with van der Waals surface area (Å²) in [4.78, 5) is 23.2. The molecule has 0 bridgehead atoms. The third-order valence-corrected chi connectivity index (χ3v) is 5.46. The number of hydrogen-bond donors (Lipinski definition) is 1. The van der Waals surface area contributed by atoms with Gasteiger partial charge < -0.3 is 4.74 Å². The molecule has 0 saturated carbocycles. The summed E-state index contributed by atoms with van der Waals surface area (Å²) in [7, 11) is 0. The molecule has 4 nitrogen and oxygen atoms in total. The van der Waals surface area contributed by atoms with Crippen LogP contribution in [0.25, 0.3) is 6.08 Å². The Labute approximate surface area is 170 Å². The number of carbonyl (C=O) groups is 2. The number of allylic oxidation sites excluding steroid dienone is 5. The van der Waals surface area contributed by atoms with Gasteiger partial charge >= 0.3 is 0 Å². The monoisotopic (exact) mass is 395 g/mol. The fourth-order valence-electron chi connectivity index (χ4n) is 3.05. The van der Waals surface area contributed by atoms with Gasteiger partial charge in [0.1, 0.15) is 5.75 Å². The summed E-state index contributed by atoms with van der Waals surface area (Å²) in [6.07, 6.45) is 13.7. The smallest absolute Gasteiger partial charge is 0.290 e. The summed E-state index contributed by atoms with van der Waals surface area (Å²) in [5.41, 5.74) is 3.55. The summed E-state index contributed by atoms with van der Waals surface area (Å²) in [6.45, 7) is 5.05. The minimum absolute atomic E-state index is 0.329. The third-order valence-electron chi connectivity index (χ3n) is 4.65. The molecule has 2 amide bonds. The largest absolute Gasteiger partial charge is 0.493 e. The van der Waals surface area contributed by atoms with Crippen LogP contribution in [-0.2, 0) is 4.79 Å². The van der Waals surface area contributed by atoms with Crippen LogP contribution < -0.4 is 10.1 Å². The fourth-order valence-corrected chi connectivity index (χ4v) is 3.73. The van der Waals surface area contributed by atoms with E-state index in [4.69, 9.17) is 4.74 Å². The Morgan fingerprint density at radius 3 is 2.61 bits per heavy atom. The van der Waals surface area contributed by atoms with Gasteiger partial charge in [0.2, 0.25) is 0 Å². The molecule has 3 rings (SSSR count). The molecular weight excluding hydrogens is 370 g/mol. The van der Waals surface area contributed by atoms with Crippen molar-refractivity contribution >= 4 is 29.0 Å². The third kappa shape index (κ3) is 5.73. The Bertz CT molecular complexity index is 862. The standard InChI is InChI=1S/C23H25NO3S/c1-3-17-6-7-18(5-4-16(2)14-17)12-13-27-20-10-8-19(9-11-20)15-21-22(25)24-23(26)28-21/h5-11,14-16H,3-4,12-13H2,1-2H3,(H,24,25,26)/b7-6-,17-14-,18-5-,21-15-/t16-/m1/s1. The second-order valence-corrected chi connectivity index (χ2v) is 7.95. The van der Waals surface area contributed by atoms with E-state index in [1.807, 2.05) is 24.3 Å². The van der Waals surface area contributed by atoms with E-state index in [2.05, 4.69) is 43.5 Å². The van der Waals surface area contributed by atoms with Crippen molar-refractivity contribution < 1.29 is 14.3 Å². The number of benzene rings is 1. The number of carbonyl (C=O) groups excluding carboxylic acids is 2. The van der Waals surface area contributed by atoms with E-state index in [1.54, 1.807) is 6.08 Å². The Hall–Kier alpha value is -2.53. The Morgan fingerprint density at radius 1 is 1.18 bits per heavy atom. The highest BCUT2D eigenvalue weighted by atomic mass is 32.2. The van der Waals surface area contributed by atoms with Crippen molar-refractivity contribution in [2.75, 3.05) is 6.61 Å². The van der Waals surface area contributed by atoms with Crippen LogP contribution >= 0.6 is 11.8 Å². The molecule has 1 N–H and O–H groups in total. The number of ether oxygens (including phenoxy) is 1. The molecule has 1 aliphatic heterocycles. The molecule has 5 heteroatoms. The van der Waals surface area contributed by atoms with Gasteiger partial charge in [-0.25, -0.2) is 0 Å². The van der Waals surface area contributed by atoms with E-state index in [0.717, 1.165) is 42.3 Å². The van der Waals surface area contributed by atoms with Crippen molar-refractivity contribution in [1.29, 1.82) is 0 Å². The molecule has 146 valence electrons. The van der Waals surface area contributed by atoms with Gasteiger partial charge in [-0.2, -0.15) is 0 Å². The predicted molar refractivity (Wildman–Crippen MR) is 115 cm³/mol. The zero-order valence-electron chi connectivity index (χ0n) is 16.2. The lowest BCUT2D eigenvalue weighted by Crippen LogP contribution is -2.17. The molecule has 1 saturated heterocycles. The molecule has 0 aromatic heterocycles. The highest BCUT2D eigenvalue weighted by molar-refractivity contribution is 8.18. The first-order valence-electron chi connectivity index (χ1n) is 9.59. The summed E-state index contributed by atoms with van der Waals surface area (Å²) in [5, 5.41) is 1.92.